The van der Waals surface area contributed by atoms with Gasteiger partial charge in [-0.2, -0.15) is 0 Å². The molecular weight excluding hydrogens is 470 g/mol. The van der Waals surface area contributed by atoms with Crippen LogP contribution in [0.25, 0.3) is 22.3 Å². The smallest absolute Gasteiger partial charge is 0.0754 e. The second-order valence-corrected chi connectivity index (χ2v) is 10.3. The van der Waals surface area contributed by atoms with E-state index in [2.05, 4.69) is 146 Å². The first-order valence-corrected chi connectivity index (χ1v) is 13.5. The van der Waals surface area contributed by atoms with E-state index in [0.29, 0.717) is 0 Å². The first-order chi connectivity index (χ1) is 19.2. The summed E-state index contributed by atoms with van der Waals surface area (Å²) >= 11 is 0. The van der Waals surface area contributed by atoms with Crippen molar-refractivity contribution in [1.29, 1.82) is 0 Å². The van der Waals surface area contributed by atoms with E-state index in [-0.39, 0.29) is 0 Å². The van der Waals surface area contributed by atoms with Crippen molar-refractivity contribution in [2.75, 3.05) is 4.90 Å². The van der Waals surface area contributed by atoms with Crippen LogP contribution in [0.2, 0.25) is 0 Å². The van der Waals surface area contributed by atoms with Gasteiger partial charge in [-0.15, -0.1) is 0 Å². The maximum absolute atomic E-state index is 3.80. The highest BCUT2D eigenvalue weighted by molar-refractivity contribution is 5.94. The molecule has 0 aromatic heterocycles. The van der Waals surface area contributed by atoms with Gasteiger partial charge in [-0.25, -0.2) is 0 Å². The van der Waals surface area contributed by atoms with Crippen LogP contribution in [0.1, 0.15) is 27.8 Å². The van der Waals surface area contributed by atoms with E-state index in [1.807, 2.05) is 12.2 Å². The van der Waals surface area contributed by atoms with Crippen molar-refractivity contribution >= 4 is 11.4 Å². The number of fused-ring (bicyclic) bond motifs is 9. The predicted octanol–water partition coefficient (Wildman–Crippen LogP) is 9.73. The Bertz CT molecular complexity index is 1750. The van der Waals surface area contributed by atoms with Gasteiger partial charge in [-0.1, -0.05) is 127 Å². The van der Waals surface area contributed by atoms with Gasteiger partial charge < -0.3 is 4.90 Å². The molecule has 0 unspecified atom stereocenters. The minimum absolute atomic E-state index is 0.397. The van der Waals surface area contributed by atoms with Gasteiger partial charge in [-0.3, -0.25) is 0 Å². The molecule has 39 heavy (non-hydrogen) atoms. The average Bonchev–Trinajstić information content (AvgIpc) is 3.27. The molecule has 5 aromatic carbocycles. The van der Waals surface area contributed by atoms with Gasteiger partial charge in [0.2, 0.25) is 0 Å². The van der Waals surface area contributed by atoms with Crippen molar-refractivity contribution < 1.29 is 0 Å². The number of anilines is 2. The molecule has 1 spiro atoms. The van der Waals surface area contributed by atoms with E-state index >= 15 is 0 Å². The third-order valence-corrected chi connectivity index (χ3v) is 8.12. The summed E-state index contributed by atoms with van der Waals surface area (Å²) in [5.74, 6) is 0. The topological polar surface area (TPSA) is 3.24 Å². The molecule has 0 fully saturated rings. The fraction of sp³-hybridized carbons (Fsp3) is 0.0526. The van der Waals surface area contributed by atoms with Crippen LogP contribution in [0.5, 0.6) is 0 Å². The van der Waals surface area contributed by atoms with Gasteiger partial charge in [0.05, 0.1) is 16.8 Å². The predicted molar refractivity (Wildman–Crippen MR) is 165 cm³/mol. The molecule has 186 valence electrons. The summed E-state index contributed by atoms with van der Waals surface area (Å²) in [6.45, 7) is 5.96. The molecule has 1 aliphatic heterocycles. The number of para-hydroxylation sites is 2. The van der Waals surface area contributed by atoms with Crippen LogP contribution in [0.3, 0.4) is 0 Å². The Morgan fingerprint density at radius 1 is 0.564 bits per heavy atom. The Kier molecular flexibility index (Phi) is 5.45. The molecular formula is C38H29N. The zero-order valence-electron chi connectivity index (χ0n) is 22.0. The number of nitrogens with zero attached hydrogens (tertiary/aromatic N) is 1. The molecule has 0 N–H and O–H groups in total. The zero-order valence-corrected chi connectivity index (χ0v) is 22.0. The van der Waals surface area contributed by atoms with E-state index in [0.717, 1.165) is 0 Å². The lowest BCUT2D eigenvalue weighted by atomic mass is 9.64. The average molecular weight is 500 g/mol. The summed E-state index contributed by atoms with van der Waals surface area (Å²) in [4.78, 5) is 2.32. The third-order valence-electron chi connectivity index (χ3n) is 8.12. The van der Waals surface area contributed by atoms with E-state index < -0.39 is 5.41 Å². The number of hydrogen-bond acceptors (Lipinski definition) is 1. The third kappa shape index (κ3) is 3.40. The highest BCUT2D eigenvalue weighted by Crippen LogP contribution is 2.62. The van der Waals surface area contributed by atoms with Gasteiger partial charge in [0.1, 0.15) is 0 Å². The van der Waals surface area contributed by atoms with Crippen LogP contribution in [0.4, 0.5) is 11.4 Å². The van der Waals surface area contributed by atoms with Crippen LogP contribution in [0, 0.1) is 6.92 Å². The summed E-state index contributed by atoms with van der Waals surface area (Å²) in [6.07, 6.45) is 10.0. The highest BCUT2D eigenvalue weighted by atomic mass is 15.1. The monoisotopic (exact) mass is 499 g/mol. The second-order valence-electron chi connectivity index (χ2n) is 10.3. The van der Waals surface area contributed by atoms with E-state index in [1.165, 1.54) is 61.4 Å². The first kappa shape index (κ1) is 23.3. The van der Waals surface area contributed by atoms with Crippen LogP contribution in [-0.2, 0) is 5.41 Å². The van der Waals surface area contributed by atoms with Gasteiger partial charge in [0, 0.05) is 6.20 Å². The molecule has 1 nitrogen and oxygen atoms in total. The molecule has 0 saturated heterocycles. The molecule has 2 aliphatic rings. The number of benzene rings is 5. The molecule has 0 bridgehead atoms. The quantitative estimate of drug-likeness (QED) is 0.218. The lowest BCUT2D eigenvalue weighted by Crippen LogP contribution is -2.36. The number of rotatable bonds is 4. The zero-order chi connectivity index (χ0) is 26.4. The van der Waals surface area contributed by atoms with E-state index in [1.54, 1.807) is 6.08 Å². The fourth-order valence-electron chi connectivity index (χ4n) is 6.58. The molecule has 5 aromatic rings. The van der Waals surface area contributed by atoms with Gasteiger partial charge in [0.15, 0.2) is 0 Å². The summed E-state index contributed by atoms with van der Waals surface area (Å²) in [5.41, 5.74) is 13.7. The largest absolute Gasteiger partial charge is 0.317 e. The van der Waals surface area contributed by atoms with E-state index in [4.69, 9.17) is 0 Å². The van der Waals surface area contributed by atoms with E-state index in [9.17, 15) is 0 Å². The highest BCUT2D eigenvalue weighted by Gasteiger charge is 2.51. The molecule has 0 saturated carbocycles. The molecule has 1 heteroatoms. The molecule has 0 radical (unpaired) electrons. The van der Waals surface area contributed by atoms with Crippen molar-refractivity contribution in [2.24, 2.45) is 0 Å². The minimum Gasteiger partial charge on any atom is -0.317 e. The van der Waals surface area contributed by atoms with Crippen molar-refractivity contribution in [3.8, 4) is 22.3 Å². The standard InChI is InChI=1S/C38H29N/c1-3-4-5-12-24-39-36-20-10-8-18-34(36)38(35-19-9-11-21-37(35)39)32-17-7-6-16-30(32)31-26-29(22-23-33(31)38)28-15-13-14-27(2)25-28/h3-26H,1H2,2H3/b5-4-,24-12-. The Balaban J connectivity index is 1.54. The molecule has 0 amide bonds. The number of hydrogen-bond donors (Lipinski definition) is 0. The van der Waals surface area contributed by atoms with Crippen molar-refractivity contribution in [1.82, 2.24) is 0 Å². The fourth-order valence-corrected chi connectivity index (χ4v) is 6.58. The lowest BCUT2D eigenvalue weighted by Gasteiger charge is -2.44. The first-order valence-electron chi connectivity index (χ1n) is 13.5. The van der Waals surface area contributed by atoms with Crippen molar-refractivity contribution in [2.45, 2.75) is 12.3 Å². The summed E-state index contributed by atoms with van der Waals surface area (Å²) in [5, 5.41) is 0. The minimum atomic E-state index is -0.397. The Morgan fingerprint density at radius 3 is 1.92 bits per heavy atom. The summed E-state index contributed by atoms with van der Waals surface area (Å²) < 4.78 is 0. The Labute approximate surface area is 230 Å². The summed E-state index contributed by atoms with van der Waals surface area (Å²) in [7, 11) is 0. The van der Waals surface area contributed by atoms with Gasteiger partial charge in [-0.05, 0) is 75.7 Å². The maximum Gasteiger partial charge on any atom is 0.0754 e. The molecule has 1 aliphatic carbocycles. The van der Waals surface area contributed by atoms with Gasteiger partial charge >= 0.3 is 0 Å². The molecule has 1 heterocycles. The van der Waals surface area contributed by atoms with Crippen LogP contribution >= 0.6 is 0 Å². The normalized spacial score (nSPS) is 14.3. The lowest BCUT2D eigenvalue weighted by molar-refractivity contribution is 0.752. The van der Waals surface area contributed by atoms with Gasteiger partial charge in [0.25, 0.3) is 0 Å². The molecule has 7 rings (SSSR count). The number of aryl methyl sites for hydroxylation is 1. The van der Waals surface area contributed by atoms with Crippen LogP contribution in [0.15, 0.2) is 152 Å². The SMILES string of the molecule is C=C/C=C\C=C/N1c2ccccc2C2(c3ccccc3-c3cc(-c4cccc(C)c4)ccc32)c2ccccc21. The van der Waals surface area contributed by atoms with Crippen LogP contribution in [-0.4, -0.2) is 0 Å². The van der Waals surface area contributed by atoms with Crippen molar-refractivity contribution in [3.05, 3.63) is 180 Å². The number of allylic oxidation sites excluding steroid dienone is 4. The Morgan fingerprint density at radius 2 is 1.21 bits per heavy atom. The van der Waals surface area contributed by atoms with Crippen molar-refractivity contribution in [3.63, 3.8) is 0 Å². The second kappa shape index (κ2) is 9.15. The Hall–Kier alpha value is -4.88. The molecule has 0 atom stereocenters. The maximum atomic E-state index is 3.80. The van der Waals surface area contributed by atoms with Crippen LogP contribution < -0.4 is 4.90 Å². The summed E-state index contributed by atoms with van der Waals surface area (Å²) in [6, 6.07) is 42.6.